The van der Waals surface area contributed by atoms with Crippen molar-refractivity contribution < 1.29 is 23.4 Å². The van der Waals surface area contributed by atoms with Gasteiger partial charge in [0.15, 0.2) is 0 Å². The van der Waals surface area contributed by atoms with Crippen LogP contribution in [-0.4, -0.2) is 28.6 Å². The molecule has 2 atom stereocenters. The standard InChI is InChI=1S/C8H13F3O2/c1-6(12)3-2-4-7(13)5-8(9,10)11/h2,4,6-7,12-13H,3,5H2,1H3. The molecular formula is C8H13F3O2. The maximum Gasteiger partial charge on any atom is 0.391 e. The van der Waals surface area contributed by atoms with Crippen molar-refractivity contribution in [1.29, 1.82) is 0 Å². The molecule has 0 radical (unpaired) electrons. The molecule has 2 N–H and O–H groups in total. The molecule has 0 aliphatic rings. The van der Waals surface area contributed by atoms with E-state index in [4.69, 9.17) is 10.2 Å². The van der Waals surface area contributed by atoms with Gasteiger partial charge in [-0.25, -0.2) is 0 Å². The number of aliphatic hydroxyl groups is 2. The number of aliphatic hydroxyl groups excluding tert-OH is 2. The van der Waals surface area contributed by atoms with Crippen molar-refractivity contribution in [3.8, 4) is 0 Å². The van der Waals surface area contributed by atoms with Gasteiger partial charge in [-0.3, -0.25) is 0 Å². The Morgan fingerprint density at radius 3 is 2.23 bits per heavy atom. The largest absolute Gasteiger partial charge is 0.393 e. The molecule has 0 rings (SSSR count). The number of rotatable bonds is 4. The van der Waals surface area contributed by atoms with Crippen molar-refractivity contribution in [2.75, 3.05) is 0 Å². The molecule has 0 aromatic carbocycles. The molecule has 0 aliphatic carbocycles. The number of halogens is 3. The molecule has 0 spiro atoms. The molecule has 0 aromatic rings. The molecule has 78 valence electrons. The van der Waals surface area contributed by atoms with Crippen LogP contribution in [0.5, 0.6) is 0 Å². The first kappa shape index (κ1) is 12.4. The zero-order valence-corrected chi connectivity index (χ0v) is 7.25. The third kappa shape index (κ3) is 9.36. The highest BCUT2D eigenvalue weighted by Gasteiger charge is 2.29. The van der Waals surface area contributed by atoms with E-state index in [2.05, 4.69) is 0 Å². The zero-order valence-electron chi connectivity index (χ0n) is 7.25. The van der Waals surface area contributed by atoms with Gasteiger partial charge in [-0.2, -0.15) is 13.2 Å². The van der Waals surface area contributed by atoms with Gasteiger partial charge in [0, 0.05) is 0 Å². The summed E-state index contributed by atoms with van der Waals surface area (Å²) in [6.45, 7) is 1.51. The molecule has 0 amide bonds. The normalized spacial score (nSPS) is 17.7. The third-order valence-electron chi connectivity index (χ3n) is 1.28. The fraction of sp³-hybridized carbons (Fsp3) is 0.750. The number of hydrogen-bond donors (Lipinski definition) is 2. The molecule has 0 fully saturated rings. The summed E-state index contributed by atoms with van der Waals surface area (Å²) in [5.41, 5.74) is 0. The molecule has 2 unspecified atom stereocenters. The molecule has 2 nitrogen and oxygen atoms in total. The first-order valence-electron chi connectivity index (χ1n) is 3.91. The second-order valence-corrected chi connectivity index (χ2v) is 2.90. The molecule has 0 aromatic heterocycles. The SMILES string of the molecule is CC(O)CC=CC(O)CC(F)(F)F. The number of hydrogen-bond acceptors (Lipinski definition) is 2. The predicted octanol–water partition coefficient (Wildman–Crippen LogP) is 1.63. The van der Waals surface area contributed by atoms with Crippen molar-refractivity contribution in [2.45, 2.75) is 38.1 Å². The first-order chi connectivity index (χ1) is 5.81. The molecule has 0 bridgehead atoms. The van der Waals surface area contributed by atoms with Gasteiger partial charge in [-0.05, 0) is 13.3 Å². The van der Waals surface area contributed by atoms with Crippen molar-refractivity contribution in [3.05, 3.63) is 12.2 Å². The Hall–Kier alpha value is -0.550. The quantitative estimate of drug-likeness (QED) is 0.674. The van der Waals surface area contributed by atoms with Crippen LogP contribution in [0.1, 0.15) is 19.8 Å². The van der Waals surface area contributed by atoms with Crippen LogP contribution >= 0.6 is 0 Å². The van der Waals surface area contributed by atoms with Crippen LogP contribution in [-0.2, 0) is 0 Å². The minimum Gasteiger partial charge on any atom is -0.393 e. The molecule has 5 heteroatoms. The summed E-state index contributed by atoms with van der Waals surface area (Å²) in [6, 6.07) is 0. The van der Waals surface area contributed by atoms with Gasteiger partial charge in [0.2, 0.25) is 0 Å². The summed E-state index contributed by atoms with van der Waals surface area (Å²) >= 11 is 0. The van der Waals surface area contributed by atoms with E-state index in [9.17, 15) is 13.2 Å². The monoisotopic (exact) mass is 198 g/mol. The maximum atomic E-state index is 11.6. The Morgan fingerprint density at radius 1 is 1.31 bits per heavy atom. The third-order valence-corrected chi connectivity index (χ3v) is 1.28. The lowest BCUT2D eigenvalue weighted by Crippen LogP contribution is -2.17. The van der Waals surface area contributed by atoms with Crippen molar-refractivity contribution >= 4 is 0 Å². The smallest absolute Gasteiger partial charge is 0.391 e. The fourth-order valence-corrected chi connectivity index (χ4v) is 0.738. The van der Waals surface area contributed by atoms with Gasteiger partial charge in [-0.15, -0.1) is 0 Å². The highest BCUT2D eigenvalue weighted by molar-refractivity contribution is 4.90. The van der Waals surface area contributed by atoms with E-state index in [1.165, 1.54) is 13.0 Å². The van der Waals surface area contributed by atoms with Crippen LogP contribution in [0.2, 0.25) is 0 Å². The number of alkyl halides is 3. The second-order valence-electron chi connectivity index (χ2n) is 2.90. The molecule has 0 aliphatic heterocycles. The summed E-state index contributed by atoms with van der Waals surface area (Å²) in [4.78, 5) is 0. The Bertz CT molecular complexity index is 163. The van der Waals surface area contributed by atoms with E-state index < -0.39 is 24.8 Å². The summed E-state index contributed by atoms with van der Waals surface area (Å²) in [6.07, 6.45) is -5.10. The summed E-state index contributed by atoms with van der Waals surface area (Å²) < 4.78 is 34.9. The molecule has 0 saturated heterocycles. The minimum absolute atomic E-state index is 0.245. The highest BCUT2D eigenvalue weighted by Crippen LogP contribution is 2.21. The van der Waals surface area contributed by atoms with E-state index in [-0.39, 0.29) is 6.42 Å². The summed E-state index contributed by atoms with van der Waals surface area (Å²) in [5, 5.41) is 17.6. The van der Waals surface area contributed by atoms with Gasteiger partial charge in [0.05, 0.1) is 18.6 Å². The topological polar surface area (TPSA) is 40.5 Å². The van der Waals surface area contributed by atoms with E-state index >= 15 is 0 Å². The highest BCUT2D eigenvalue weighted by atomic mass is 19.4. The van der Waals surface area contributed by atoms with E-state index in [0.717, 1.165) is 6.08 Å². The fourth-order valence-electron chi connectivity index (χ4n) is 0.738. The lowest BCUT2D eigenvalue weighted by atomic mass is 10.2. The summed E-state index contributed by atoms with van der Waals surface area (Å²) in [7, 11) is 0. The Labute approximate surface area is 74.7 Å². The van der Waals surface area contributed by atoms with Crippen molar-refractivity contribution in [1.82, 2.24) is 0 Å². The van der Waals surface area contributed by atoms with Gasteiger partial charge in [0.1, 0.15) is 0 Å². The zero-order chi connectivity index (χ0) is 10.5. The average molecular weight is 198 g/mol. The van der Waals surface area contributed by atoms with Crippen LogP contribution in [0.15, 0.2) is 12.2 Å². The Balaban J connectivity index is 3.74. The lowest BCUT2D eigenvalue weighted by Gasteiger charge is -2.08. The summed E-state index contributed by atoms with van der Waals surface area (Å²) in [5.74, 6) is 0. The second kappa shape index (κ2) is 5.24. The van der Waals surface area contributed by atoms with Gasteiger partial charge >= 0.3 is 6.18 Å². The van der Waals surface area contributed by atoms with Crippen LogP contribution < -0.4 is 0 Å². The molecule has 13 heavy (non-hydrogen) atoms. The Kier molecular flexibility index (Phi) is 5.02. The van der Waals surface area contributed by atoms with E-state index in [0.29, 0.717) is 0 Å². The van der Waals surface area contributed by atoms with Crippen LogP contribution in [0, 0.1) is 0 Å². The van der Waals surface area contributed by atoms with Gasteiger partial charge in [0.25, 0.3) is 0 Å². The Morgan fingerprint density at radius 2 is 1.85 bits per heavy atom. The van der Waals surface area contributed by atoms with Gasteiger partial charge in [-0.1, -0.05) is 12.2 Å². The maximum absolute atomic E-state index is 11.6. The van der Waals surface area contributed by atoms with Crippen molar-refractivity contribution in [2.24, 2.45) is 0 Å². The van der Waals surface area contributed by atoms with Crippen LogP contribution in [0.3, 0.4) is 0 Å². The van der Waals surface area contributed by atoms with Crippen LogP contribution in [0.4, 0.5) is 13.2 Å². The predicted molar refractivity (Wildman–Crippen MR) is 42.1 cm³/mol. The average Bonchev–Trinajstić information content (AvgIpc) is 1.81. The van der Waals surface area contributed by atoms with Crippen LogP contribution in [0.25, 0.3) is 0 Å². The van der Waals surface area contributed by atoms with Gasteiger partial charge < -0.3 is 10.2 Å². The lowest BCUT2D eigenvalue weighted by molar-refractivity contribution is -0.148. The van der Waals surface area contributed by atoms with E-state index in [1.54, 1.807) is 0 Å². The van der Waals surface area contributed by atoms with E-state index in [1.807, 2.05) is 0 Å². The minimum atomic E-state index is -4.35. The van der Waals surface area contributed by atoms with Crippen molar-refractivity contribution in [3.63, 3.8) is 0 Å². The molecule has 0 saturated carbocycles. The molecular weight excluding hydrogens is 185 g/mol. The first-order valence-corrected chi connectivity index (χ1v) is 3.91. The molecule has 0 heterocycles.